The lowest BCUT2D eigenvalue weighted by molar-refractivity contribution is 0.214. The van der Waals surface area contributed by atoms with Crippen LogP contribution in [0.3, 0.4) is 0 Å². The van der Waals surface area contributed by atoms with Crippen LogP contribution in [-0.4, -0.2) is 58.7 Å². The van der Waals surface area contributed by atoms with Gasteiger partial charge in [-0.15, -0.1) is 0 Å². The Morgan fingerprint density at radius 2 is 1.55 bits per heavy atom. The van der Waals surface area contributed by atoms with Crippen molar-refractivity contribution < 1.29 is 13.2 Å². The molecule has 1 N–H and O–H groups in total. The van der Waals surface area contributed by atoms with Crippen LogP contribution in [0.25, 0.3) is 11.1 Å². The summed E-state index contributed by atoms with van der Waals surface area (Å²) < 4.78 is 36.0. The van der Waals surface area contributed by atoms with E-state index in [1.54, 1.807) is 12.1 Å². The largest absolute Gasteiger partial charge is 0.492 e. The van der Waals surface area contributed by atoms with Crippen molar-refractivity contribution in [2.24, 2.45) is 5.92 Å². The summed E-state index contributed by atoms with van der Waals surface area (Å²) in [5.74, 6) is 1.61. The summed E-state index contributed by atoms with van der Waals surface area (Å²) in [6.07, 6.45) is 5.16. The van der Waals surface area contributed by atoms with E-state index in [-0.39, 0.29) is 6.04 Å². The predicted molar refractivity (Wildman–Crippen MR) is 167 cm³/mol. The Hall–Kier alpha value is -2.39. The van der Waals surface area contributed by atoms with Crippen LogP contribution in [-0.2, 0) is 10.0 Å². The lowest BCUT2D eigenvalue weighted by Gasteiger charge is -2.37. The second kappa shape index (κ2) is 13.5. The molecular formula is C32H40BrN3O3S. The van der Waals surface area contributed by atoms with E-state index >= 15 is 0 Å². The molecule has 0 bridgehead atoms. The monoisotopic (exact) mass is 625 g/mol. The fraction of sp³-hybridized carbons (Fsp3) is 0.438. The van der Waals surface area contributed by atoms with Gasteiger partial charge in [0.25, 0.3) is 0 Å². The standard InChI is InChI=1S/C32H40BrN3O3S/c1-2-39-32-24-28(33)12-17-31(32)36-22-20-35(21-23-36)19-18-25-8-13-29(14-9-25)34-40(37,38)30-15-10-27(11-16-30)26-6-4-3-5-7-26/h3-7,10-12,15-17,24-25,29,34H,2,8-9,13-14,18-23H2,1H3. The van der Waals surface area contributed by atoms with E-state index in [9.17, 15) is 8.42 Å². The molecule has 1 saturated carbocycles. The van der Waals surface area contributed by atoms with E-state index in [1.807, 2.05) is 49.4 Å². The van der Waals surface area contributed by atoms with E-state index < -0.39 is 10.0 Å². The summed E-state index contributed by atoms with van der Waals surface area (Å²) in [4.78, 5) is 5.34. The Bertz CT molecular complexity index is 1340. The highest BCUT2D eigenvalue weighted by molar-refractivity contribution is 9.10. The lowest BCUT2D eigenvalue weighted by atomic mass is 9.84. The summed E-state index contributed by atoms with van der Waals surface area (Å²) >= 11 is 3.56. The van der Waals surface area contributed by atoms with Crippen molar-refractivity contribution in [2.75, 3.05) is 44.2 Å². The lowest BCUT2D eigenvalue weighted by Crippen LogP contribution is -2.47. The van der Waals surface area contributed by atoms with Crippen LogP contribution >= 0.6 is 15.9 Å². The number of ether oxygens (including phenoxy) is 1. The molecule has 1 saturated heterocycles. The highest BCUT2D eigenvalue weighted by Crippen LogP contribution is 2.33. The summed E-state index contributed by atoms with van der Waals surface area (Å²) in [7, 11) is -3.52. The maximum absolute atomic E-state index is 13.0. The molecule has 2 aliphatic rings. The number of rotatable bonds is 10. The molecule has 1 heterocycles. The third-order valence-electron chi connectivity index (χ3n) is 8.23. The summed E-state index contributed by atoms with van der Waals surface area (Å²) in [5, 5.41) is 0. The van der Waals surface area contributed by atoms with Crippen molar-refractivity contribution in [3.8, 4) is 16.9 Å². The van der Waals surface area contributed by atoms with Crippen LogP contribution in [0.4, 0.5) is 5.69 Å². The topological polar surface area (TPSA) is 61.9 Å². The smallest absolute Gasteiger partial charge is 0.240 e. The van der Waals surface area contributed by atoms with E-state index in [0.29, 0.717) is 17.4 Å². The minimum absolute atomic E-state index is 0.0176. The average Bonchev–Trinajstić information content (AvgIpc) is 2.98. The van der Waals surface area contributed by atoms with Crippen LogP contribution in [0.15, 0.2) is 82.2 Å². The summed E-state index contributed by atoms with van der Waals surface area (Å²) in [6, 6.07) is 23.5. The third kappa shape index (κ3) is 7.46. The molecule has 214 valence electrons. The second-order valence-electron chi connectivity index (χ2n) is 10.9. The first-order valence-electron chi connectivity index (χ1n) is 14.5. The normalized spacial score (nSPS) is 20.4. The number of hydrogen-bond donors (Lipinski definition) is 1. The first-order valence-corrected chi connectivity index (χ1v) is 16.8. The van der Waals surface area contributed by atoms with Crippen LogP contribution in [0.1, 0.15) is 39.0 Å². The van der Waals surface area contributed by atoms with Crippen molar-refractivity contribution in [1.29, 1.82) is 0 Å². The minimum atomic E-state index is -3.52. The zero-order chi connectivity index (χ0) is 28.0. The Kier molecular flexibility index (Phi) is 9.84. The van der Waals surface area contributed by atoms with Crippen LogP contribution in [0.2, 0.25) is 0 Å². The molecule has 6 nitrogen and oxygen atoms in total. The molecule has 5 rings (SSSR count). The molecule has 1 aliphatic heterocycles. The molecule has 0 unspecified atom stereocenters. The molecule has 40 heavy (non-hydrogen) atoms. The van der Waals surface area contributed by atoms with Crippen LogP contribution in [0, 0.1) is 5.92 Å². The van der Waals surface area contributed by atoms with Gasteiger partial charge >= 0.3 is 0 Å². The van der Waals surface area contributed by atoms with Gasteiger partial charge in [-0.25, -0.2) is 13.1 Å². The number of piperazine rings is 1. The zero-order valence-corrected chi connectivity index (χ0v) is 25.7. The van der Waals surface area contributed by atoms with E-state index in [0.717, 1.165) is 79.8 Å². The Morgan fingerprint density at radius 3 is 2.23 bits per heavy atom. The van der Waals surface area contributed by atoms with Gasteiger partial charge in [-0.05, 0) is 92.9 Å². The molecule has 0 aromatic heterocycles. The molecule has 3 aromatic carbocycles. The number of benzene rings is 3. The van der Waals surface area contributed by atoms with Crippen LogP contribution < -0.4 is 14.4 Å². The van der Waals surface area contributed by atoms with E-state index in [1.165, 1.54) is 12.1 Å². The molecule has 0 amide bonds. The van der Waals surface area contributed by atoms with Crippen molar-refractivity contribution in [2.45, 2.75) is 50.0 Å². The first-order chi connectivity index (χ1) is 19.4. The minimum Gasteiger partial charge on any atom is -0.492 e. The number of hydrogen-bond acceptors (Lipinski definition) is 5. The summed E-state index contributed by atoms with van der Waals surface area (Å²) in [6.45, 7) is 7.91. The van der Waals surface area contributed by atoms with Gasteiger partial charge in [0.1, 0.15) is 5.75 Å². The van der Waals surface area contributed by atoms with E-state index in [2.05, 4.69) is 48.7 Å². The van der Waals surface area contributed by atoms with E-state index in [4.69, 9.17) is 4.74 Å². The first kappa shape index (κ1) is 29.1. The van der Waals surface area contributed by atoms with Gasteiger partial charge in [0.15, 0.2) is 0 Å². The second-order valence-corrected chi connectivity index (χ2v) is 13.5. The highest BCUT2D eigenvalue weighted by Gasteiger charge is 2.27. The molecule has 0 atom stereocenters. The number of sulfonamides is 1. The van der Waals surface area contributed by atoms with Gasteiger partial charge in [0.2, 0.25) is 10.0 Å². The molecule has 3 aromatic rings. The number of nitrogens with zero attached hydrogens (tertiary/aromatic N) is 2. The molecular weight excluding hydrogens is 586 g/mol. The molecule has 1 aliphatic carbocycles. The third-order valence-corrected chi connectivity index (χ3v) is 10.3. The Labute approximate surface area is 247 Å². The Morgan fingerprint density at radius 1 is 0.875 bits per heavy atom. The van der Waals surface area contributed by atoms with Crippen molar-refractivity contribution in [3.05, 3.63) is 77.3 Å². The fourth-order valence-electron chi connectivity index (χ4n) is 5.91. The predicted octanol–water partition coefficient (Wildman–Crippen LogP) is 6.56. The number of halogens is 1. The van der Waals surface area contributed by atoms with Gasteiger partial charge in [-0.3, -0.25) is 4.90 Å². The molecule has 8 heteroatoms. The van der Waals surface area contributed by atoms with Gasteiger partial charge in [0.05, 0.1) is 17.2 Å². The number of nitrogens with one attached hydrogen (secondary N) is 1. The van der Waals surface area contributed by atoms with Crippen molar-refractivity contribution in [1.82, 2.24) is 9.62 Å². The zero-order valence-electron chi connectivity index (χ0n) is 23.3. The molecule has 2 fully saturated rings. The van der Waals surface area contributed by atoms with Crippen molar-refractivity contribution >= 4 is 31.6 Å². The van der Waals surface area contributed by atoms with Crippen molar-refractivity contribution in [3.63, 3.8) is 0 Å². The highest BCUT2D eigenvalue weighted by atomic mass is 79.9. The Balaban J connectivity index is 1.04. The fourth-order valence-corrected chi connectivity index (χ4v) is 7.56. The van der Waals surface area contributed by atoms with Gasteiger partial charge in [-0.2, -0.15) is 0 Å². The molecule has 0 radical (unpaired) electrons. The average molecular weight is 627 g/mol. The maximum Gasteiger partial charge on any atom is 0.240 e. The van der Waals surface area contributed by atoms with Gasteiger partial charge < -0.3 is 9.64 Å². The number of anilines is 1. The van der Waals surface area contributed by atoms with Gasteiger partial charge in [-0.1, -0.05) is 58.4 Å². The SMILES string of the molecule is CCOc1cc(Br)ccc1N1CCN(CCC2CCC(NS(=O)(=O)c3ccc(-c4ccccc4)cc3)CC2)CC1. The van der Waals surface area contributed by atoms with Crippen LogP contribution in [0.5, 0.6) is 5.75 Å². The maximum atomic E-state index is 13.0. The molecule has 0 spiro atoms. The quantitative estimate of drug-likeness (QED) is 0.276. The van der Waals surface area contributed by atoms with Gasteiger partial charge in [0, 0.05) is 36.7 Å². The summed E-state index contributed by atoms with van der Waals surface area (Å²) in [5.41, 5.74) is 3.28.